The molecule has 4 aromatic rings. The number of nitrogens with zero attached hydrogens (tertiary/aromatic N) is 2. The van der Waals surface area contributed by atoms with E-state index in [1.807, 2.05) is 36.4 Å². The van der Waals surface area contributed by atoms with Crippen molar-refractivity contribution in [2.24, 2.45) is 5.16 Å². The van der Waals surface area contributed by atoms with Crippen LogP contribution in [0, 0.1) is 13.8 Å². The molecule has 0 unspecified atom stereocenters. The van der Waals surface area contributed by atoms with Gasteiger partial charge >= 0.3 is 5.97 Å². The van der Waals surface area contributed by atoms with Crippen LogP contribution in [0.5, 0.6) is 5.75 Å². The van der Waals surface area contributed by atoms with Crippen molar-refractivity contribution in [1.29, 1.82) is 0 Å². The Bertz CT molecular complexity index is 1430. The third-order valence-electron chi connectivity index (χ3n) is 6.28. The van der Waals surface area contributed by atoms with Gasteiger partial charge in [-0.25, -0.2) is 0 Å². The Morgan fingerprint density at radius 3 is 2.60 bits per heavy atom. The number of aromatic hydroxyl groups is 1. The molecule has 3 N–H and O–H groups in total. The number of carbonyl (C=O) groups is 1. The summed E-state index contributed by atoms with van der Waals surface area (Å²) in [5.74, 6) is -0.606. The number of aryl methyl sites for hydroxylation is 3. The standard InChI is InChI=1S/C28H31N3O4/c1-19-12-13-23-27(30-35-17-14-26(33)34)22-9-4-5-10-24(22)31(28(23)20(19)2)16-7-15-29-18-21-8-3-6-11-25(21)32/h3-6,8-13,29,32H,7,14-18H2,1-2H3,(H,33,34)/b30-27+. The van der Waals surface area contributed by atoms with E-state index >= 15 is 0 Å². The summed E-state index contributed by atoms with van der Waals surface area (Å²) in [7, 11) is 0. The smallest absolute Gasteiger partial charge is 0.306 e. The Morgan fingerprint density at radius 1 is 1.03 bits per heavy atom. The highest BCUT2D eigenvalue weighted by atomic mass is 16.6. The molecule has 3 aromatic carbocycles. The van der Waals surface area contributed by atoms with Crippen LogP contribution in [-0.2, 0) is 22.7 Å². The van der Waals surface area contributed by atoms with Crippen molar-refractivity contribution in [2.45, 2.75) is 39.8 Å². The van der Waals surface area contributed by atoms with E-state index in [4.69, 9.17) is 9.94 Å². The van der Waals surface area contributed by atoms with Crippen LogP contribution < -0.4 is 10.7 Å². The molecular formula is C28H31N3O4. The van der Waals surface area contributed by atoms with Crippen LogP contribution in [0.1, 0.15) is 29.5 Å². The minimum Gasteiger partial charge on any atom is -0.508 e. The van der Waals surface area contributed by atoms with Gasteiger partial charge in [0.15, 0.2) is 0 Å². The molecule has 0 bridgehead atoms. The fourth-order valence-electron chi connectivity index (χ4n) is 4.33. The highest BCUT2D eigenvalue weighted by molar-refractivity contribution is 5.95. The number of nitrogens with one attached hydrogen (secondary N) is 1. The van der Waals surface area contributed by atoms with Gasteiger partial charge < -0.3 is 24.9 Å². The van der Waals surface area contributed by atoms with Crippen molar-refractivity contribution in [3.05, 3.63) is 82.7 Å². The quantitative estimate of drug-likeness (QED) is 0.178. The molecule has 0 amide bonds. The predicted octanol–water partition coefficient (Wildman–Crippen LogP) is 4.60. The molecular weight excluding hydrogens is 442 g/mol. The third kappa shape index (κ3) is 5.46. The van der Waals surface area contributed by atoms with E-state index in [1.54, 1.807) is 6.07 Å². The van der Waals surface area contributed by atoms with E-state index in [0.717, 1.165) is 52.2 Å². The van der Waals surface area contributed by atoms with E-state index in [2.05, 4.69) is 47.1 Å². The number of phenols is 1. The zero-order chi connectivity index (χ0) is 24.8. The summed E-state index contributed by atoms with van der Waals surface area (Å²) in [6.07, 6.45) is 0.800. The topological polar surface area (TPSA) is 96.1 Å². The first-order valence-electron chi connectivity index (χ1n) is 11.8. The first kappa shape index (κ1) is 24.3. The maximum Gasteiger partial charge on any atom is 0.306 e. The van der Waals surface area contributed by atoms with Gasteiger partial charge in [-0.05, 0) is 50.1 Å². The number of benzene rings is 3. The molecule has 35 heavy (non-hydrogen) atoms. The number of hydrogen-bond acceptors (Lipinski definition) is 5. The number of rotatable bonds is 10. The SMILES string of the molecule is Cc1ccc2/c(=N/OCCC(=O)O)c3ccccc3n(CCCNCc3ccccc3O)c2c1C. The Hall–Kier alpha value is -3.84. The number of fused-ring (bicyclic) bond motifs is 2. The lowest BCUT2D eigenvalue weighted by molar-refractivity contribution is -0.138. The van der Waals surface area contributed by atoms with Crippen LogP contribution in [-0.4, -0.2) is 33.9 Å². The summed E-state index contributed by atoms with van der Waals surface area (Å²) >= 11 is 0. The fourth-order valence-corrected chi connectivity index (χ4v) is 4.33. The van der Waals surface area contributed by atoms with Crippen molar-refractivity contribution in [3.8, 4) is 5.75 Å². The molecule has 7 heteroatoms. The second-order valence-corrected chi connectivity index (χ2v) is 8.65. The van der Waals surface area contributed by atoms with Gasteiger partial charge in [0.05, 0.1) is 17.5 Å². The van der Waals surface area contributed by atoms with Gasteiger partial charge in [0, 0.05) is 29.4 Å². The molecule has 1 heterocycles. The molecule has 0 aliphatic carbocycles. The lowest BCUT2D eigenvalue weighted by Gasteiger charge is -2.19. The highest BCUT2D eigenvalue weighted by Gasteiger charge is 2.13. The molecule has 182 valence electrons. The number of para-hydroxylation sites is 2. The van der Waals surface area contributed by atoms with Crippen LogP contribution in [0.15, 0.2) is 65.8 Å². The zero-order valence-corrected chi connectivity index (χ0v) is 20.1. The van der Waals surface area contributed by atoms with Gasteiger partial charge in [-0.15, -0.1) is 0 Å². The van der Waals surface area contributed by atoms with Crippen LogP contribution in [0.3, 0.4) is 0 Å². The van der Waals surface area contributed by atoms with E-state index in [-0.39, 0.29) is 13.0 Å². The minimum atomic E-state index is -0.914. The van der Waals surface area contributed by atoms with Crippen LogP contribution >= 0.6 is 0 Å². The largest absolute Gasteiger partial charge is 0.508 e. The van der Waals surface area contributed by atoms with Crippen molar-refractivity contribution < 1.29 is 19.8 Å². The number of aromatic nitrogens is 1. The molecule has 0 aliphatic rings. The summed E-state index contributed by atoms with van der Waals surface area (Å²) in [4.78, 5) is 16.3. The minimum absolute atomic E-state index is 0.0214. The van der Waals surface area contributed by atoms with E-state index in [0.29, 0.717) is 12.3 Å². The second-order valence-electron chi connectivity index (χ2n) is 8.65. The van der Waals surface area contributed by atoms with E-state index in [9.17, 15) is 9.90 Å². The third-order valence-corrected chi connectivity index (χ3v) is 6.28. The molecule has 0 saturated carbocycles. The summed E-state index contributed by atoms with van der Waals surface area (Å²) in [6, 6.07) is 19.6. The predicted molar refractivity (Wildman–Crippen MR) is 137 cm³/mol. The lowest BCUT2D eigenvalue weighted by atomic mass is 10.0. The Morgan fingerprint density at radius 2 is 1.80 bits per heavy atom. The van der Waals surface area contributed by atoms with Gasteiger partial charge in [-0.2, -0.15) is 0 Å². The summed E-state index contributed by atoms with van der Waals surface area (Å²) in [6.45, 7) is 6.45. The molecule has 4 rings (SSSR count). The normalized spacial score (nSPS) is 11.9. The molecule has 0 radical (unpaired) electrons. The van der Waals surface area contributed by atoms with Crippen molar-refractivity contribution in [1.82, 2.24) is 9.88 Å². The maximum atomic E-state index is 10.9. The van der Waals surface area contributed by atoms with E-state index in [1.165, 1.54) is 11.1 Å². The number of pyridine rings is 1. The zero-order valence-electron chi connectivity index (χ0n) is 20.1. The molecule has 0 spiro atoms. The summed E-state index contributed by atoms with van der Waals surface area (Å²) in [5.41, 5.74) is 5.41. The van der Waals surface area contributed by atoms with Gasteiger partial charge in [0.1, 0.15) is 17.7 Å². The number of phenolic OH excluding ortho intramolecular Hbond substituents is 1. The summed E-state index contributed by atoms with van der Waals surface area (Å²) < 4.78 is 2.34. The van der Waals surface area contributed by atoms with Crippen LogP contribution in [0.4, 0.5) is 0 Å². The first-order valence-corrected chi connectivity index (χ1v) is 11.8. The molecule has 0 saturated heterocycles. The molecule has 0 fully saturated rings. The average Bonchev–Trinajstić information content (AvgIpc) is 2.85. The molecule has 0 aliphatic heterocycles. The second kappa shape index (κ2) is 11.1. The Kier molecular flexibility index (Phi) is 7.67. The Labute approximate surface area is 204 Å². The number of carboxylic acids is 1. The van der Waals surface area contributed by atoms with Crippen LogP contribution in [0.2, 0.25) is 0 Å². The highest BCUT2D eigenvalue weighted by Crippen LogP contribution is 2.25. The number of hydrogen-bond donors (Lipinski definition) is 3. The molecule has 0 atom stereocenters. The number of carboxylic acid groups (broad SMARTS) is 1. The maximum absolute atomic E-state index is 10.9. The number of aliphatic carboxylic acids is 1. The van der Waals surface area contributed by atoms with Gasteiger partial charge in [0.25, 0.3) is 0 Å². The summed E-state index contributed by atoms with van der Waals surface area (Å²) in [5, 5.41) is 29.4. The van der Waals surface area contributed by atoms with Gasteiger partial charge in [0.2, 0.25) is 0 Å². The fraction of sp³-hybridized carbons (Fsp3) is 0.286. The van der Waals surface area contributed by atoms with Crippen molar-refractivity contribution in [3.63, 3.8) is 0 Å². The van der Waals surface area contributed by atoms with Crippen molar-refractivity contribution in [2.75, 3.05) is 13.2 Å². The van der Waals surface area contributed by atoms with Crippen molar-refractivity contribution >= 4 is 27.8 Å². The lowest BCUT2D eigenvalue weighted by Crippen LogP contribution is -2.19. The van der Waals surface area contributed by atoms with E-state index < -0.39 is 5.97 Å². The van der Waals surface area contributed by atoms with Crippen LogP contribution in [0.25, 0.3) is 21.8 Å². The van der Waals surface area contributed by atoms with Gasteiger partial charge in [-0.1, -0.05) is 53.7 Å². The molecule has 7 nitrogen and oxygen atoms in total. The average molecular weight is 474 g/mol. The first-order chi connectivity index (χ1) is 17.0. The molecule has 1 aromatic heterocycles. The van der Waals surface area contributed by atoms with Gasteiger partial charge in [-0.3, -0.25) is 4.79 Å². The monoisotopic (exact) mass is 473 g/mol. The Balaban J connectivity index is 1.66.